The van der Waals surface area contributed by atoms with E-state index in [1.54, 1.807) is 23.9 Å². The van der Waals surface area contributed by atoms with Gasteiger partial charge >= 0.3 is 0 Å². The fraction of sp³-hybridized carbons (Fsp3) is 0.471. The van der Waals surface area contributed by atoms with Crippen LogP contribution < -0.4 is 9.62 Å². The van der Waals surface area contributed by atoms with Crippen molar-refractivity contribution in [2.75, 3.05) is 28.2 Å². The van der Waals surface area contributed by atoms with Crippen LogP contribution in [0.25, 0.3) is 0 Å². The monoisotopic (exact) mass is 428 g/mol. The first-order chi connectivity index (χ1) is 12.6. The number of carbonyl (C=O) groups is 1. The highest BCUT2D eigenvalue weighted by atomic mass is 32.2. The van der Waals surface area contributed by atoms with Crippen LogP contribution in [0.4, 0.5) is 10.8 Å². The van der Waals surface area contributed by atoms with Crippen LogP contribution >= 0.6 is 23.1 Å². The molecule has 1 amide bonds. The van der Waals surface area contributed by atoms with Gasteiger partial charge in [0.25, 0.3) is 0 Å². The maximum atomic E-state index is 12.4. The van der Waals surface area contributed by atoms with E-state index >= 15 is 0 Å². The highest BCUT2D eigenvalue weighted by molar-refractivity contribution is 8.01. The quantitative estimate of drug-likeness (QED) is 0.512. The molecule has 10 heteroatoms. The fourth-order valence-electron chi connectivity index (χ4n) is 2.13. The molecule has 1 aromatic heterocycles. The molecule has 2 rings (SSSR count). The zero-order valence-corrected chi connectivity index (χ0v) is 18.5. The Kier molecular flexibility index (Phi) is 7.24. The van der Waals surface area contributed by atoms with Gasteiger partial charge in [-0.3, -0.25) is 14.4 Å². The van der Waals surface area contributed by atoms with E-state index in [0.717, 1.165) is 31.8 Å². The van der Waals surface area contributed by atoms with Crippen molar-refractivity contribution in [1.82, 2.24) is 10.2 Å². The Balaban J connectivity index is 2.09. The van der Waals surface area contributed by atoms with Crippen LogP contribution in [0.1, 0.15) is 25.0 Å². The Labute approximate surface area is 168 Å². The molecule has 0 spiro atoms. The molecule has 0 aliphatic carbocycles. The third-order valence-corrected chi connectivity index (χ3v) is 7.20. The molecule has 0 fully saturated rings. The van der Waals surface area contributed by atoms with Gasteiger partial charge in [0.05, 0.1) is 11.9 Å². The molecule has 2 aromatic rings. The minimum absolute atomic E-state index is 0.324. The lowest BCUT2D eigenvalue weighted by Crippen LogP contribution is -2.37. The topological polar surface area (TPSA) is 92.3 Å². The maximum Gasteiger partial charge on any atom is 0.246 e. The van der Waals surface area contributed by atoms with Crippen molar-refractivity contribution in [2.45, 2.75) is 32.0 Å². The summed E-state index contributed by atoms with van der Waals surface area (Å²) in [5.41, 5.74) is 2.47. The minimum Gasteiger partial charge on any atom is -0.299 e. The first-order valence-corrected chi connectivity index (χ1v) is 12.0. The molecule has 1 heterocycles. The van der Waals surface area contributed by atoms with Crippen molar-refractivity contribution in [1.29, 1.82) is 0 Å². The van der Waals surface area contributed by atoms with E-state index in [0.29, 0.717) is 16.7 Å². The fourth-order valence-corrected chi connectivity index (χ4v) is 4.72. The summed E-state index contributed by atoms with van der Waals surface area (Å²) >= 11 is 2.86. The molecule has 0 saturated carbocycles. The molecular formula is C17H24N4O3S3. The Morgan fingerprint density at radius 2 is 1.96 bits per heavy atom. The van der Waals surface area contributed by atoms with Gasteiger partial charge in [-0.1, -0.05) is 43.0 Å². The molecule has 27 heavy (non-hydrogen) atoms. The number of nitrogens with one attached hydrogen (secondary N) is 1. The lowest BCUT2D eigenvalue weighted by atomic mass is 10.1. The number of hydrogen-bond donors (Lipinski definition) is 1. The highest BCUT2D eigenvalue weighted by Crippen LogP contribution is 2.27. The third-order valence-electron chi connectivity index (χ3n) is 3.66. The van der Waals surface area contributed by atoms with E-state index in [2.05, 4.69) is 29.4 Å². The van der Waals surface area contributed by atoms with Gasteiger partial charge in [-0.05, 0) is 43.0 Å². The number of thioether (sulfide) groups is 1. The van der Waals surface area contributed by atoms with Crippen molar-refractivity contribution < 1.29 is 13.2 Å². The van der Waals surface area contributed by atoms with Gasteiger partial charge in [-0.2, -0.15) is 0 Å². The molecule has 0 radical (unpaired) electrons. The SMILES string of the molecule is Cc1ccc(N(CC(=O)Nc2nnc(SCC(C)C)s2)S(C)(=O)=O)cc1C. The highest BCUT2D eigenvalue weighted by Gasteiger charge is 2.22. The number of benzene rings is 1. The van der Waals surface area contributed by atoms with Crippen molar-refractivity contribution in [3.05, 3.63) is 29.3 Å². The first kappa shape index (κ1) is 21.6. The Bertz CT molecular complexity index is 910. The molecular weight excluding hydrogens is 404 g/mol. The number of amides is 1. The number of sulfonamides is 1. The second-order valence-electron chi connectivity index (χ2n) is 6.66. The average molecular weight is 429 g/mol. The van der Waals surface area contributed by atoms with Crippen LogP contribution in [-0.4, -0.2) is 43.1 Å². The van der Waals surface area contributed by atoms with Gasteiger partial charge in [-0.25, -0.2) is 8.42 Å². The molecule has 1 N–H and O–H groups in total. The second-order valence-corrected chi connectivity index (χ2v) is 10.8. The Hall–Kier alpha value is -1.65. The normalized spacial score (nSPS) is 11.6. The largest absolute Gasteiger partial charge is 0.299 e. The first-order valence-electron chi connectivity index (χ1n) is 8.37. The summed E-state index contributed by atoms with van der Waals surface area (Å²) in [5.74, 6) is 0.977. The van der Waals surface area contributed by atoms with Gasteiger partial charge in [0.1, 0.15) is 6.54 Å². The van der Waals surface area contributed by atoms with E-state index < -0.39 is 15.9 Å². The zero-order valence-electron chi connectivity index (χ0n) is 16.0. The number of aromatic nitrogens is 2. The number of nitrogens with zero attached hydrogens (tertiary/aromatic N) is 3. The van der Waals surface area contributed by atoms with Crippen molar-refractivity contribution >= 4 is 49.8 Å². The summed E-state index contributed by atoms with van der Waals surface area (Å²) in [6, 6.07) is 5.29. The van der Waals surface area contributed by atoms with E-state index in [1.165, 1.54) is 11.3 Å². The molecule has 0 atom stereocenters. The summed E-state index contributed by atoms with van der Waals surface area (Å²) < 4.78 is 26.2. The zero-order chi connectivity index (χ0) is 20.2. The van der Waals surface area contributed by atoms with Gasteiger partial charge in [0.2, 0.25) is 21.1 Å². The smallest absolute Gasteiger partial charge is 0.246 e. The van der Waals surface area contributed by atoms with Gasteiger partial charge in [0, 0.05) is 5.75 Å². The molecule has 148 valence electrons. The van der Waals surface area contributed by atoms with Crippen LogP contribution in [-0.2, 0) is 14.8 Å². The van der Waals surface area contributed by atoms with Crippen LogP contribution in [0.15, 0.2) is 22.5 Å². The summed E-state index contributed by atoms with van der Waals surface area (Å²) in [5, 5.41) is 11.0. The van der Waals surface area contributed by atoms with Crippen molar-refractivity contribution in [3.63, 3.8) is 0 Å². The number of rotatable bonds is 8. The van der Waals surface area contributed by atoms with Crippen LogP contribution in [0.5, 0.6) is 0 Å². The number of anilines is 2. The lowest BCUT2D eigenvalue weighted by Gasteiger charge is -2.22. The van der Waals surface area contributed by atoms with E-state index in [1.807, 2.05) is 19.9 Å². The van der Waals surface area contributed by atoms with E-state index in [-0.39, 0.29) is 6.54 Å². The van der Waals surface area contributed by atoms with Crippen LogP contribution in [0, 0.1) is 19.8 Å². The van der Waals surface area contributed by atoms with Crippen molar-refractivity contribution in [2.24, 2.45) is 5.92 Å². The average Bonchev–Trinajstić information content (AvgIpc) is 3.00. The molecule has 1 aromatic carbocycles. The van der Waals surface area contributed by atoms with Gasteiger partial charge in [0.15, 0.2) is 4.34 Å². The lowest BCUT2D eigenvalue weighted by molar-refractivity contribution is -0.114. The summed E-state index contributed by atoms with van der Waals surface area (Å²) in [6.07, 6.45) is 1.08. The summed E-state index contributed by atoms with van der Waals surface area (Å²) in [7, 11) is -3.61. The predicted molar refractivity (Wildman–Crippen MR) is 112 cm³/mol. The van der Waals surface area contributed by atoms with E-state index in [9.17, 15) is 13.2 Å². The number of carbonyl (C=O) groups excluding carboxylic acids is 1. The van der Waals surface area contributed by atoms with Gasteiger partial charge in [-0.15, -0.1) is 10.2 Å². The minimum atomic E-state index is -3.61. The second kappa shape index (κ2) is 9.03. The number of aryl methyl sites for hydroxylation is 2. The summed E-state index contributed by atoms with van der Waals surface area (Å²) in [6.45, 7) is 7.75. The predicted octanol–water partition coefficient (Wildman–Crippen LogP) is 3.31. The molecule has 0 aliphatic heterocycles. The van der Waals surface area contributed by atoms with E-state index in [4.69, 9.17) is 0 Å². The molecule has 0 unspecified atom stereocenters. The molecule has 7 nitrogen and oxygen atoms in total. The molecule has 0 bridgehead atoms. The molecule has 0 saturated heterocycles. The summed E-state index contributed by atoms with van der Waals surface area (Å²) in [4.78, 5) is 12.4. The Morgan fingerprint density at radius 3 is 2.56 bits per heavy atom. The Morgan fingerprint density at radius 1 is 1.26 bits per heavy atom. The standard InChI is InChI=1S/C17H24N4O3S3/c1-11(2)10-25-17-20-19-16(26-17)18-15(22)9-21(27(5,23)24)14-7-6-12(3)13(4)8-14/h6-8,11H,9-10H2,1-5H3,(H,18,19,22). The van der Waals surface area contributed by atoms with Crippen molar-refractivity contribution in [3.8, 4) is 0 Å². The number of hydrogen-bond acceptors (Lipinski definition) is 7. The maximum absolute atomic E-state index is 12.4. The van der Waals surface area contributed by atoms with Crippen LogP contribution in [0.2, 0.25) is 0 Å². The third kappa shape index (κ3) is 6.47. The van der Waals surface area contributed by atoms with Crippen LogP contribution in [0.3, 0.4) is 0 Å². The van der Waals surface area contributed by atoms with Gasteiger partial charge < -0.3 is 0 Å². The molecule has 0 aliphatic rings.